The molecule has 1 fully saturated rings. The average molecular weight is 229 g/mol. The maximum absolute atomic E-state index is 14.2. The van der Waals surface area contributed by atoms with Crippen molar-refractivity contribution in [1.82, 2.24) is 5.32 Å². The van der Waals surface area contributed by atoms with Gasteiger partial charge in [0.05, 0.1) is 0 Å². The molecule has 1 saturated heterocycles. The Kier molecular flexibility index (Phi) is 3.19. The summed E-state index contributed by atoms with van der Waals surface area (Å²) in [6, 6.07) is 3.56. The smallest absolute Gasteiger partial charge is 0.159 e. The first-order valence-electron chi connectivity index (χ1n) is 5.43. The van der Waals surface area contributed by atoms with Gasteiger partial charge in [-0.05, 0) is 37.1 Å². The van der Waals surface area contributed by atoms with E-state index in [9.17, 15) is 13.2 Å². The van der Waals surface area contributed by atoms with E-state index >= 15 is 0 Å². The molecular formula is C12H14F3N. The van der Waals surface area contributed by atoms with Crippen molar-refractivity contribution in [3.05, 3.63) is 35.4 Å². The molecule has 88 valence electrons. The Morgan fingerprint density at radius 2 is 2.06 bits per heavy atom. The molecule has 0 aromatic heterocycles. The molecule has 1 atom stereocenters. The zero-order chi connectivity index (χ0) is 11.6. The van der Waals surface area contributed by atoms with Gasteiger partial charge in [-0.25, -0.2) is 13.2 Å². The van der Waals surface area contributed by atoms with Crippen LogP contribution in [0.25, 0.3) is 0 Å². The quantitative estimate of drug-likeness (QED) is 0.822. The Hall–Kier alpha value is -1.03. The normalized spacial score (nSPS) is 25.7. The van der Waals surface area contributed by atoms with Gasteiger partial charge in [0.25, 0.3) is 0 Å². The van der Waals surface area contributed by atoms with Crippen molar-refractivity contribution >= 4 is 0 Å². The van der Waals surface area contributed by atoms with Gasteiger partial charge in [0.1, 0.15) is 5.67 Å². The zero-order valence-electron chi connectivity index (χ0n) is 8.90. The van der Waals surface area contributed by atoms with E-state index in [4.69, 9.17) is 0 Å². The number of piperidine rings is 1. The number of benzene rings is 1. The molecule has 0 saturated carbocycles. The lowest BCUT2D eigenvalue weighted by Gasteiger charge is -2.30. The topological polar surface area (TPSA) is 12.0 Å². The number of rotatable bonds is 2. The standard InChI is InChI=1S/C12H14F3N/c13-10-3-2-9(6-11(10)14)7-12(15)4-1-5-16-8-12/h2-3,6,16H,1,4-5,7-8H2. The summed E-state index contributed by atoms with van der Waals surface area (Å²) < 4.78 is 39.8. The van der Waals surface area contributed by atoms with E-state index in [-0.39, 0.29) is 13.0 Å². The Bertz CT molecular complexity index is 373. The van der Waals surface area contributed by atoms with Crippen LogP contribution in [0.15, 0.2) is 18.2 Å². The van der Waals surface area contributed by atoms with Crippen molar-refractivity contribution in [2.45, 2.75) is 24.9 Å². The first kappa shape index (κ1) is 11.5. The third-order valence-electron chi connectivity index (χ3n) is 2.93. The fourth-order valence-corrected chi connectivity index (χ4v) is 2.10. The van der Waals surface area contributed by atoms with Crippen molar-refractivity contribution in [3.63, 3.8) is 0 Å². The molecule has 2 rings (SSSR count). The second kappa shape index (κ2) is 4.45. The lowest BCUT2D eigenvalue weighted by molar-refractivity contribution is 0.122. The second-order valence-electron chi connectivity index (χ2n) is 4.36. The fraction of sp³-hybridized carbons (Fsp3) is 0.500. The van der Waals surface area contributed by atoms with Gasteiger partial charge in [0.2, 0.25) is 0 Å². The van der Waals surface area contributed by atoms with Gasteiger partial charge in [0.15, 0.2) is 11.6 Å². The molecule has 1 nitrogen and oxygen atoms in total. The molecular weight excluding hydrogens is 215 g/mol. The van der Waals surface area contributed by atoms with Crippen LogP contribution in [0.1, 0.15) is 18.4 Å². The monoisotopic (exact) mass is 229 g/mol. The van der Waals surface area contributed by atoms with E-state index in [2.05, 4.69) is 5.32 Å². The molecule has 1 N–H and O–H groups in total. The van der Waals surface area contributed by atoms with Crippen molar-refractivity contribution < 1.29 is 13.2 Å². The number of nitrogens with one attached hydrogen (secondary N) is 1. The molecule has 1 heterocycles. The third kappa shape index (κ3) is 2.55. The molecule has 1 aliphatic rings. The van der Waals surface area contributed by atoms with Crippen molar-refractivity contribution in [2.24, 2.45) is 0 Å². The SMILES string of the molecule is Fc1ccc(CC2(F)CCCNC2)cc1F. The van der Waals surface area contributed by atoms with Crippen molar-refractivity contribution in [2.75, 3.05) is 13.1 Å². The van der Waals surface area contributed by atoms with E-state index in [1.807, 2.05) is 0 Å². The molecule has 4 heteroatoms. The highest BCUT2D eigenvalue weighted by molar-refractivity contribution is 5.20. The van der Waals surface area contributed by atoms with Crippen LogP contribution in [0.3, 0.4) is 0 Å². The van der Waals surface area contributed by atoms with Gasteiger partial charge in [-0.3, -0.25) is 0 Å². The van der Waals surface area contributed by atoms with Gasteiger partial charge in [0, 0.05) is 13.0 Å². The predicted octanol–water partition coefficient (Wildman–Crippen LogP) is 2.60. The Balaban J connectivity index is 2.10. The first-order valence-corrected chi connectivity index (χ1v) is 5.43. The molecule has 16 heavy (non-hydrogen) atoms. The minimum Gasteiger partial charge on any atom is -0.314 e. The van der Waals surface area contributed by atoms with Gasteiger partial charge in [-0.2, -0.15) is 0 Å². The summed E-state index contributed by atoms with van der Waals surface area (Å²) in [5.41, 5.74) is -0.826. The van der Waals surface area contributed by atoms with Gasteiger partial charge in [-0.15, -0.1) is 0 Å². The van der Waals surface area contributed by atoms with E-state index in [0.717, 1.165) is 25.1 Å². The molecule has 0 amide bonds. The maximum Gasteiger partial charge on any atom is 0.159 e. The molecule has 1 aromatic rings. The predicted molar refractivity (Wildman–Crippen MR) is 56.0 cm³/mol. The third-order valence-corrected chi connectivity index (χ3v) is 2.93. The lowest BCUT2D eigenvalue weighted by Crippen LogP contribution is -2.43. The summed E-state index contributed by atoms with van der Waals surface area (Å²) >= 11 is 0. The Morgan fingerprint density at radius 1 is 1.25 bits per heavy atom. The summed E-state index contributed by atoms with van der Waals surface area (Å²) in [6.07, 6.45) is 1.39. The Morgan fingerprint density at radius 3 is 2.69 bits per heavy atom. The summed E-state index contributed by atoms with van der Waals surface area (Å²) in [6.45, 7) is 1.11. The van der Waals surface area contributed by atoms with E-state index < -0.39 is 17.3 Å². The van der Waals surface area contributed by atoms with Gasteiger partial charge in [-0.1, -0.05) is 6.07 Å². The number of hydrogen-bond acceptors (Lipinski definition) is 1. The van der Waals surface area contributed by atoms with Crippen molar-refractivity contribution in [3.8, 4) is 0 Å². The van der Waals surface area contributed by atoms with Crippen LogP contribution in [-0.4, -0.2) is 18.8 Å². The summed E-state index contributed by atoms with van der Waals surface area (Å²) in [5.74, 6) is -1.80. The summed E-state index contributed by atoms with van der Waals surface area (Å²) in [7, 11) is 0. The second-order valence-corrected chi connectivity index (χ2v) is 4.36. The van der Waals surface area contributed by atoms with Crippen LogP contribution in [0, 0.1) is 11.6 Å². The maximum atomic E-state index is 14.2. The minimum atomic E-state index is -1.33. The molecule has 0 spiro atoms. The van der Waals surface area contributed by atoms with E-state index in [1.165, 1.54) is 6.07 Å². The fourth-order valence-electron chi connectivity index (χ4n) is 2.10. The Labute approximate surface area is 92.7 Å². The van der Waals surface area contributed by atoms with Crippen LogP contribution in [0.2, 0.25) is 0 Å². The van der Waals surface area contributed by atoms with Crippen LogP contribution in [-0.2, 0) is 6.42 Å². The molecule has 1 aromatic carbocycles. The molecule has 1 aliphatic heterocycles. The average Bonchev–Trinajstić information content (AvgIpc) is 2.24. The minimum absolute atomic E-state index is 0.136. The summed E-state index contributed by atoms with van der Waals surface area (Å²) in [4.78, 5) is 0. The highest BCUT2D eigenvalue weighted by Crippen LogP contribution is 2.26. The highest BCUT2D eigenvalue weighted by Gasteiger charge is 2.31. The van der Waals surface area contributed by atoms with E-state index in [0.29, 0.717) is 12.0 Å². The van der Waals surface area contributed by atoms with Crippen LogP contribution < -0.4 is 5.32 Å². The first-order chi connectivity index (χ1) is 7.59. The van der Waals surface area contributed by atoms with Crippen LogP contribution >= 0.6 is 0 Å². The number of hydrogen-bond donors (Lipinski definition) is 1. The van der Waals surface area contributed by atoms with E-state index in [1.54, 1.807) is 0 Å². The lowest BCUT2D eigenvalue weighted by atomic mass is 9.89. The zero-order valence-corrected chi connectivity index (χ0v) is 8.90. The largest absolute Gasteiger partial charge is 0.314 e. The molecule has 1 unspecified atom stereocenters. The van der Waals surface area contributed by atoms with Gasteiger partial charge >= 0.3 is 0 Å². The molecule has 0 bridgehead atoms. The highest BCUT2D eigenvalue weighted by atomic mass is 19.2. The number of alkyl halides is 1. The van der Waals surface area contributed by atoms with Gasteiger partial charge < -0.3 is 5.32 Å². The van der Waals surface area contributed by atoms with Crippen LogP contribution in [0.5, 0.6) is 0 Å². The molecule has 0 aliphatic carbocycles. The number of halogens is 3. The summed E-state index contributed by atoms with van der Waals surface area (Å²) in [5, 5.41) is 2.98. The van der Waals surface area contributed by atoms with Crippen LogP contribution in [0.4, 0.5) is 13.2 Å². The molecule has 0 radical (unpaired) electrons. The van der Waals surface area contributed by atoms with Crippen molar-refractivity contribution in [1.29, 1.82) is 0 Å².